The number of ether oxygens (including phenoxy) is 1. The lowest BCUT2D eigenvalue weighted by molar-refractivity contribution is -0.136. The summed E-state index contributed by atoms with van der Waals surface area (Å²) in [5, 5.41) is 30.9. The van der Waals surface area contributed by atoms with Crippen molar-refractivity contribution in [2.45, 2.75) is 19.3 Å². The third-order valence-electron chi connectivity index (χ3n) is 5.72. The SMILES string of the molecule is Cc1c(NC(=O)OCC2c3ccccc3-c3ccccc32)cc(CC(=O)O)cc1B(O)O. The van der Waals surface area contributed by atoms with Gasteiger partial charge in [0.05, 0.1) is 6.42 Å². The van der Waals surface area contributed by atoms with Crippen molar-refractivity contribution in [3.05, 3.63) is 82.9 Å². The lowest BCUT2D eigenvalue weighted by atomic mass is 9.75. The fourth-order valence-corrected chi connectivity index (χ4v) is 4.22. The zero-order valence-corrected chi connectivity index (χ0v) is 17.4. The molecule has 0 atom stereocenters. The van der Waals surface area contributed by atoms with Gasteiger partial charge in [0.2, 0.25) is 0 Å². The smallest absolute Gasteiger partial charge is 0.481 e. The molecule has 0 radical (unpaired) electrons. The summed E-state index contributed by atoms with van der Waals surface area (Å²) in [6.07, 6.45) is -1.03. The third-order valence-corrected chi connectivity index (χ3v) is 5.72. The maximum atomic E-state index is 12.6. The number of nitrogens with one attached hydrogen (secondary N) is 1. The first-order valence-electron chi connectivity index (χ1n) is 10.2. The number of hydrogen-bond donors (Lipinski definition) is 4. The van der Waals surface area contributed by atoms with Gasteiger partial charge in [0.25, 0.3) is 0 Å². The van der Waals surface area contributed by atoms with Crippen LogP contribution in [0.5, 0.6) is 0 Å². The summed E-state index contributed by atoms with van der Waals surface area (Å²) in [5.41, 5.74) is 5.56. The quantitative estimate of drug-likeness (QED) is 0.446. The topological polar surface area (TPSA) is 116 Å². The van der Waals surface area contributed by atoms with E-state index >= 15 is 0 Å². The van der Waals surface area contributed by atoms with Gasteiger partial charge in [-0.2, -0.15) is 0 Å². The van der Waals surface area contributed by atoms with E-state index in [1.54, 1.807) is 6.92 Å². The first-order chi connectivity index (χ1) is 15.3. The number of amides is 1. The molecule has 1 amide bonds. The highest BCUT2D eigenvalue weighted by atomic mass is 16.5. The van der Waals surface area contributed by atoms with Crippen molar-refractivity contribution < 1.29 is 29.5 Å². The van der Waals surface area contributed by atoms with Crippen LogP contribution in [0.4, 0.5) is 10.5 Å². The predicted molar refractivity (Wildman–Crippen MR) is 121 cm³/mol. The van der Waals surface area contributed by atoms with E-state index in [0.29, 0.717) is 11.1 Å². The Morgan fingerprint density at radius 1 is 1.00 bits per heavy atom. The number of aliphatic carboxylic acids is 1. The zero-order chi connectivity index (χ0) is 22.8. The van der Waals surface area contributed by atoms with E-state index in [0.717, 1.165) is 22.3 Å². The first kappa shape index (κ1) is 21.6. The molecule has 3 aromatic carbocycles. The van der Waals surface area contributed by atoms with Gasteiger partial charge in [0, 0.05) is 11.6 Å². The third kappa shape index (κ3) is 4.23. The summed E-state index contributed by atoms with van der Waals surface area (Å²) in [4.78, 5) is 23.7. The molecule has 7 nitrogen and oxygen atoms in total. The van der Waals surface area contributed by atoms with Crippen molar-refractivity contribution in [1.82, 2.24) is 0 Å². The number of carboxylic acid groups (broad SMARTS) is 1. The largest absolute Gasteiger partial charge is 0.488 e. The predicted octanol–water partition coefficient (Wildman–Crippen LogP) is 2.66. The van der Waals surface area contributed by atoms with Crippen LogP contribution in [0.2, 0.25) is 0 Å². The van der Waals surface area contributed by atoms with Gasteiger partial charge in [-0.15, -0.1) is 0 Å². The van der Waals surface area contributed by atoms with Crippen LogP contribution in [0.25, 0.3) is 11.1 Å². The van der Waals surface area contributed by atoms with E-state index in [-0.39, 0.29) is 30.1 Å². The molecule has 4 rings (SSSR count). The molecule has 0 aliphatic heterocycles. The number of carboxylic acids is 1. The van der Waals surface area contributed by atoms with E-state index in [1.165, 1.54) is 12.1 Å². The summed E-state index contributed by atoms with van der Waals surface area (Å²) in [6, 6.07) is 18.9. The van der Waals surface area contributed by atoms with Gasteiger partial charge in [-0.3, -0.25) is 10.1 Å². The molecule has 1 aliphatic carbocycles. The van der Waals surface area contributed by atoms with Crippen LogP contribution in [-0.2, 0) is 16.0 Å². The Hall–Kier alpha value is -3.62. The fraction of sp³-hybridized carbons (Fsp3) is 0.167. The molecule has 0 heterocycles. The van der Waals surface area contributed by atoms with Crippen LogP contribution in [0, 0.1) is 6.92 Å². The Labute approximate surface area is 185 Å². The minimum atomic E-state index is -1.80. The van der Waals surface area contributed by atoms with Gasteiger partial charge in [-0.25, -0.2) is 4.79 Å². The average molecular weight is 431 g/mol. The minimum absolute atomic E-state index is 0.0950. The molecule has 8 heteroatoms. The highest BCUT2D eigenvalue weighted by Crippen LogP contribution is 2.44. The Morgan fingerprint density at radius 2 is 1.59 bits per heavy atom. The van der Waals surface area contributed by atoms with Crippen molar-refractivity contribution in [2.24, 2.45) is 0 Å². The van der Waals surface area contributed by atoms with Gasteiger partial charge in [-0.05, 0) is 51.8 Å². The zero-order valence-electron chi connectivity index (χ0n) is 17.4. The first-order valence-corrected chi connectivity index (χ1v) is 10.2. The molecule has 0 unspecified atom stereocenters. The van der Waals surface area contributed by atoms with Crippen LogP contribution < -0.4 is 10.8 Å². The molecule has 0 saturated heterocycles. The van der Waals surface area contributed by atoms with Crippen molar-refractivity contribution in [2.75, 3.05) is 11.9 Å². The van der Waals surface area contributed by atoms with Crippen LogP contribution in [0.3, 0.4) is 0 Å². The van der Waals surface area contributed by atoms with E-state index < -0.39 is 19.2 Å². The van der Waals surface area contributed by atoms with Gasteiger partial charge in [0.15, 0.2) is 0 Å². The van der Waals surface area contributed by atoms with Crippen molar-refractivity contribution in [1.29, 1.82) is 0 Å². The van der Waals surface area contributed by atoms with Crippen LogP contribution >= 0.6 is 0 Å². The molecular weight excluding hydrogens is 409 g/mol. The lowest BCUT2D eigenvalue weighted by Crippen LogP contribution is -2.34. The van der Waals surface area contributed by atoms with E-state index in [9.17, 15) is 19.6 Å². The number of rotatable bonds is 6. The highest BCUT2D eigenvalue weighted by Gasteiger charge is 2.29. The molecule has 3 aromatic rings. The van der Waals surface area contributed by atoms with Crippen molar-refractivity contribution in [3.63, 3.8) is 0 Å². The van der Waals surface area contributed by atoms with E-state index in [4.69, 9.17) is 9.84 Å². The minimum Gasteiger partial charge on any atom is -0.481 e. The molecular formula is C24H22BNO6. The number of hydrogen-bond acceptors (Lipinski definition) is 5. The number of carbonyl (C=O) groups excluding carboxylic acids is 1. The lowest BCUT2D eigenvalue weighted by Gasteiger charge is -2.17. The number of anilines is 1. The average Bonchev–Trinajstić information content (AvgIpc) is 3.07. The second-order valence-corrected chi connectivity index (χ2v) is 7.75. The van der Waals surface area contributed by atoms with Gasteiger partial charge >= 0.3 is 19.2 Å². The molecule has 0 bridgehead atoms. The maximum absolute atomic E-state index is 12.6. The molecule has 0 saturated carbocycles. The summed E-state index contributed by atoms with van der Waals surface area (Å²) in [6.45, 7) is 1.74. The maximum Gasteiger partial charge on any atom is 0.488 e. The summed E-state index contributed by atoms with van der Waals surface area (Å²) in [5.74, 6) is -1.17. The molecule has 0 spiro atoms. The molecule has 4 N–H and O–H groups in total. The Morgan fingerprint density at radius 3 is 2.16 bits per heavy atom. The Bertz CT molecular complexity index is 1150. The van der Waals surface area contributed by atoms with Crippen LogP contribution in [0.1, 0.15) is 28.2 Å². The van der Waals surface area contributed by atoms with Gasteiger partial charge in [-0.1, -0.05) is 54.6 Å². The number of carbonyl (C=O) groups is 2. The summed E-state index contributed by atoms with van der Waals surface area (Å²) >= 11 is 0. The number of benzene rings is 3. The van der Waals surface area contributed by atoms with Gasteiger partial charge < -0.3 is 19.9 Å². The van der Waals surface area contributed by atoms with Crippen molar-refractivity contribution in [3.8, 4) is 11.1 Å². The Kier molecular flexibility index (Phi) is 5.98. The van der Waals surface area contributed by atoms with Crippen molar-refractivity contribution >= 4 is 30.3 Å². The molecule has 162 valence electrons. The fourth-order valence-electron chi connectivity index (χ4n) is 4.22. The van der Waals surface area contributed by atoms with E-state index in [2.05, 4.69) is 5.32 Å². The molecule has 0 aromatic heterocycles. The van der Waals surface area contributed by atoms with E-state index in [1.807, 2.05) is 48.5 Å². The summed E-state index contributed by atoms with van der Waals surface area (Å²) < 4.78 is 5.53. The molecule has 0 fully saturated rings. The van der Waals surface area contributed by atoms with Crippen LogP contribution in [0.15, 0.2) is 60.7 Å². The van der Waals surface area contributed by atoms with Gasteiger partial charge in [0.1, 0.15) is 6.61 Å². The monoisotopic (exact) mass is 431 g/mol. The number of fused-ring (bicyclic) bond motifs is 3. The standard InChI is InChI=1S/C24H22BNO6/c1-14-21(25(30)31)10-15(12-23(27)28)11-22(14)26-24(29)32-13-20-18-8-4-2-6-16(18)17-7-3-5-9-19(17)20/h2-11,20,30-31H,12-13H2,1H3,(H,26,29)(H,27,28). The highest BCUT2D eigenvalue weighted by molar-refractivity contribution is 6.59. The Balaban J connectivity index is 1.53. The second-order valence-electron chi connectivity index (χ2n) is 7.75. The summed E-state index contributed by atoms with van der Waals surface area (Å²) in [7, 11) is -1.80. The second kappa shape index (κ2) is 8.86. The molecule has 32 heavy (non-hydrogen) atoms. The van der Waals surface area contributed by atoms with Crippen LogP contribution in [-0.4, -0.2) is 40.9 Å². The normalized spacial score (nSPS) is 12.1. The molecule has 1 aliphatic rings.